The van der Waals surface area contributed by atoms with Gasteiger partial charge in [-0.2, -0.15) is 9.49 Å². The number of anilines is 1. The number of benzene rings is 1. The summed E-state index contributed by atoms with van der Waals surface area (Å²) in [6.07, 6.45) is 6.61. The van der Waals surface area contributed by atoms with Crippen molar-refractivity contribution in [3.05, 3.63) is 65.9 Å². The van der Waals surface area contributed by atoms with Gasteiger partial charge in [-0.3, -0.25) is 19.9 Å². The lowest BCUT2D eigenvalue weighted by atomic mass is 10.0. The second kappa shape index (κ2) is 8.27. The van der Waals surface area contributed by atoms with Crippen molar-refractivity contribution >= 4 is 44.9 Å². The zero-order chi connectivity index (χ0) is 25.1. The van der Waals surface area contributed by atoms with E-state index in [2.05, 4.69) is 30.5 Å². The molecule has 0 spiro atoms. The van der Waals surface area contributed by atoms with Gasteiger partial charge in [0.15, 0.2) is 16.8 Å². The number of amides is 1. The van der Waals surface area contributed by atoms with E-state index in [1.807, 2.05) is 6.07 Å². The molecular weight excluding hydrogens is 496 g/mol. The number of carbonyl (C=O) groups excluding carboxylic acids is 1. The quantitative estimate of drug-likeness (QED) is 0.265. The van der Waals surface area contributed by atoms with Gasteiger partial charge in [0, 0.05) is 29.3 Å². The molecule has 11 heteroatoms. The molecule has 0 aliphatic heterocycles. The molecule has 37 heavy (non-hydrogen) atoms. The van der Waals surface area contributed by atoms with Gasteiger partial charge in [-0.25, -0.2) is 9.37 Å². The topological polar surface area (TPSA) is 112 Å². The third kappa shape index (κ3) is 3.84. The zero-order valence-electron chi connectivity index (χ0n) is 19.0. The number of nitrogens with zero attached hydrogens (tertiary/aromatic N) is 4. The van der Waals surface area contributed by atoms with E-state index in [-0.39, 0.29) is 22.5 Å². The summed E-state index contributed by atoms with van der Waals surface area (Å²) in [6.45, 7) is 0. The van der Waals surface area contributed by atoms with Gasteiger partial charge in [0.25, 0.3) is 0 Å². The van der Waals surface area contributed by atoms with Crippen molar-refractivity contribution in [2.45, 2.75) is 12.8 Å². The van der Waals surface area contributed by atoms with Crippen LogP contribution in [-0.2, 0) is 4.79 Å². The highest BCUT2D eigenvalue weighted by molar-refractivity contribution is 7.13. The number of nitrogens with one attached hydrogen (secondary N) is 3. The summed E-state index contributed by atoms with van der Waals surface area (Å²) in [4.78, 5) is 29.4. The molecule has 1 fully saturated rings. The van der Waals surface area contributed by atoms with Crippen LogP contribution in [0.4, 0.5) is 14.5 Å². The molecule has 5 aromatic heterocycles. The molecule has 0 atom stereocenters. The number of hydrogen-bond donors (Lipinski definition) is 3. The number of carbonyl (C=O) groups is 1. The van der Waals surface area contributed by atoms with Gasteiger partial charge in [0.2, 0.25) is 5.91 Å². The minimum atomic E-state index is -0.505. The highest BCUT2D eigenvalue weighted by Gasteiger charge is 2.29. The van der Waals surface area contributed by atoms with Crippen molar-refractivity contribution in [3.8, 4) is 33.2 Å². The van der Waals surface area contributed by atoms with Crippen LogP contribution in [-0.4, -0.2) is 36.0 Å². The van der Waals surface area contributed by atoms with Gasteiger partial charge >= 0.3 is 0 Å². The predicted octanol–water partition coefficient (Wildman–Crippen LogP) is 5.92. The molecule has 0 radical (unpaired) electrons. The Morgan fingerprint density at radius 1 is 1.05 bits per heavy atom. The predicted molar refractivity (Wildman–Crippen MR) is 137 cm³/mol. The molecule has 1 aliphatic rings. The Bertz CT molecular complexity index is 1840. The maximum absolute atomic E-state index is 15.1. The molecule has 182 valence electrons. The molecule has 0 saturated heterocycles. The summed E-state index contributed by atoms with van der Waals surface area (Å²) < 4.78 is 28.8. The molecule has 1 aromatic carbocycles. The van der Waals surface area contributed by atoms with Crippen LogP contribution in [0.3, 0.4) is 0 Å². The first kappa shape index (κ1) is 21.7. The number of thiophene rings is 1. The van der Waals surface area contributed by atoms with Crippen molar-refractivity contribution in [3.63, 3.8) is 0 Å². The van der Waals surface area contributed by atoms with E-state index >= 15 is 4.39 Å². The number of imidazole rings is 1. The Labute approximate surface area is 211 Å². The molecule has 7 rings (SSSR count). The first-order chi connectivity index (χ1) is 18.0. The summed E-state index contributed by atoms with van der Waals surface area (Å²) in [5, 5.41) is 10.2. The summed E-state index contributed by atoms with van der Waals surface area (Å²) >= 11 is 0.991. The second-order valence-corrected chi connectivity index (χ2v) is 9.96. The highest BCUT2D eigenvalue weighted by Crippen LogP contribution is 2.35. The van der Waals surface area contributed by atoms with Crippen LogP contribution in [0.2, 0.25) is 0 Å². The van der Waals surface area contributed by atoms with Gasteiger partial charge in [-0.15, -0.1) is 11.3 Å². The van der Waals surface area contributed by atoms with E-state index in [9.17, 15) is 9.18 Å². The van der Waals surface area contributed by atoms with Gasteiger partial charge in [0.05, 0.1) is 22.3 Å². The number of aromatic nitrogens is 6. The van der Waals surface area contributed by atoms with Crippen LogP contribution in [0.1, 0.15) is 12.8 Å². The van der Waals surface area contributed by atoms with E-state index in [1.165, 1.54) is 12.1 Å². The first-order valence-electron chi connectivity index (χ1n) is 11.6. The fourth-order valence-electron chi connectivity index (χ4n) is 4.35. The SMILES string of the molecule is O=C(Nc1cncc(-c2cc(F)c3n[nH]c(-c4nc5c(-c6ccc(F)s6)nccc5[nH]4)c3c2)c1)C1CC1. The first-order valence-corrected chi connectivity index (χ1v) is 12.4. The van der Waals surface area contributed by atoms with Crippen LogP contribution in [0.5, 0.6) is 0 Å². The Hall–Kier alpha value is -4.51. The number of pyridine rings is 2. The average molecular weight is 514 g/mol. The van der Waals surface area contributed by atoms with E-state index in [0.29, 0.717) is 55.3 Å². The molecule has 1 aliphatic carbocycles. The van der Waals surface area contributed by atoms with Crippen molar-refractivity contribution < 1.29 is 13.6 Å². The lowest BCUT2D eigenvalue weighted by molar-refractivity contribution is -0.117. The van der Waals surface area contributed by atoms with Crippen LogP contribution < -0.4 is 5.32 Å². The Morgan fingerprint density at radius 2 is 1.95 bits per heavy atom. The Balaban J connectivity index is 1.31. The third-order valence-corrected chi connectivity index (χ3v) is 7.22. The van der Waals surface area contributed by atoms with E-state index in [4.69, 9.17) is 4.98 Å². The maximum atomic E-state index is 15.1. The number of fused-ring (bicyclic) bond motifs is 2. The van der Waals surface area contributed by atoms with Crippen LogP contribution >= 0.6 is 11.3 Å². The molecular formula is C26H17F2N7OS. The van der Waals surface area contributed by atoms with Crippen molar-refractivity contribution in [2.75, 3.05) is 5.32 Å². The van der Waals surface area contributed by atoms with Crippen molar-refractivity contribution in [2.24, 2.45) is 5.92 Å². The lowest BCUT2D eigenvalue weighted by Crippen LogP contribution is -2.13. The molecule has 1 saturated carbocycles. The lowest BCUT2D eigenvalue weighted by Gasteiger charge is -2.07. The molecule has 0 bridgehead atoms. The molecule has 8 nitrogen and oxygen atoms in total. The Kier molecular flexibility index (Phi) is 4.86. The third-order valence-electron chi connectivity index (χ3n) is 6.34. The van der Waals surface area contributed by atoms with E-state index in [1.54, 1.807) is 36.8 Å². The fraction of sp³-hybridized carbons (Fsp3) is 0.115. The van der Waals surface area contributed by atoms with Crippen molar-refractivity contribution in [1.29, 1.82) is 0 Å². The molecule has 0 unspecified atom stereocenters. The van der Waals surface area contributed by atoms with Gasteiger partial charge in [0.1, 0.15) is 22.4 Å². The van der Waals surface area contributed by atoms with Crippen LogP contribution in [0.15, 0.2) is 55.0 Å². The van der Waals surface area contributed by atoms with Gasteiger partial charge in [-0.05, 0) is 54.8 Å². The van der Waals surface area contributed by atoms with Gasteiger partial charge in [-0.1, -0.05) is 0 Å². The number of rotatable bonds is 5. The largest absolute Gasteiger partial charge is 0.337 e. The molecule has 6 aromatic rings. The smallest absolute Gasteiger partial charge is 0.227 e. The zero-order valence-corrected chi connectivity index (χ0v) is 19.9. The van der Waals surface area contributed by atoms with E-state index in [0.717, 1.165) is 24.2 Å². The number of halogens is 2. The monoisotopic (exact) mass is 513 g/mol. The standard InChI is InChI=1S/C26H17F2N7OS/c27-17-9-13(14-7-15(11-29-10-14)31-26(36)12-1-2-12)8-16-21(17)34-35-22(16)25-32-18-5-6-30-24(23(18)33-25)19-3-4-20(28)37-19/h3-12H,1-2H2,(H,31,36)(H,32,33)(H,34,35). The molecule has 3 N–H and O–H groups in total. The normalized spacial score (nSPS) is 13.5. The minimum Gasteiger partial charge on any atom is -0.337 e. The van der Waals surface area contributed by atoms with Crippen molar-refractivity contribution in [1.82, 2.24) is 30.1 Å². The van der Waals surface area contributed by atoms with E-state index < -0.39 is 5.82 Å². The number of hydrogen-bond acceptors (Lipinski definition) is 6. The second-order valence-electron chi connectivity index (χ2n) is 8.92. The summed E-state index contributed by atoms with van der Waals surface area (Å²) in [6, 6.07) is 9.80. The molecule has 5 heterocycles. The molecule has 1 amide bonds. The summed E-state index contributed by atoms with van der Waals surface area (Å²) in [5.74, 6) is -0.0233. The number of H-pyrrole nitrogens is 2. The Morgan fingerprint density at radius 3 is 2.76 bits per heavy atom. The minimum absolute atomic E-state index is 0.0262. The van der Waals surface area contributed by atoms with Crippen LogP contribution in [0.25, 0.3) is 55.2 Å². The summed E-state index contributed by atoms with van der Waals surface area (Å²) in [7, 11) is 0. The maximum Gasteiger partial charge on any atom is 0.227 e. The van der Waals surface area contributed by atoms with Gasteiger partial charge < -0.3 is 10.3 Å². The van der Waals surface area contributed by atoms with Crippen LogP contribution in [0, 0.1) is 16.9 Å². The summed E-state index contributed by atoms with van der Waals surface area (Å²) in [5.41, 5.74) is 4.29. The number of aromatic amines is 2. The fourth-order valence-corrected chi connectivity index (χ4v) is 5.08. The average Bonchev–Trinajstić information content (AvgIpc) is 3.29. The highest BCUT2D eigenvalue weighted by atomic mass is 32.1.